The Morgan fingerprint density at radius 3 is 2.54 bits per heavy atom. The lowest BCUT2D eigenvalue weighted by molar-refractivity contribution is 0.0266. The molecule has 2 aliphatic rings. The molecule has 0 radical (unpaired) electrons. The molecule has 1 saturated heterocycles. The van der Waals surface area contributed by atoms with Crippen molar-refractivity contribution in [1.29, 1.82) is 5.26 Å². The molecule has 1 saturated carbocycles. The Labute approximate surface area is 227 Å². The molecule has 4 atom stereocenters. The van der Waals surface area contributed by atoms with Gasteiger partial charge in [0.15, 0.2) is 5.82 Å². The van der Waals surface area contributed by atoms with Crippen LogP contribution in [0.3, 0.4) is 0 Å². The van der Waals surface area contributed by atoms with E-state index in [9.17, 15) is 19.2 Å². The minimum atomic E-state index is -0.746. The number of piperidine rings is 1. The molecule has 1 aliphatic carbocycles. The number of rotatable bonds is 4. The molecule has 2 fully saturated rings. The molecule has 1 aromatic carbocycles. The molecule has 1 aliphatic heterocycles. The van der Waals surface area contributed by atoms with E-state index < -0.39 is 29.1 Å². The van der Waals surface area contributed by atoms with Gasteiger partial charge in [-0.1, -0.05) is 11.6 Å². The maximum Gasteiger partial charge on any atom is 0.410 e. The van der Waals surface area contributed by atoms with Crippen molar-refractivity contribution >= 4 is 46.2 Å². The normalized spacial score (nSPS) is 20.8. The molecule has 0 bridgehead atoms. The van der Waals surface area contributed by atoms with Gasteiger partial charge in [0, 0.05) is 31.0 Å². The minimum Gasteiger partial charge on any atom is -0.444 e. The van der Waals surface area contributed by atoms with Crippen molar-refractivity contribution in [3.63, 3.8) is 0 Å². The van der Waals surface area contributed by atoms with Crippen molar-refractivity contribution in [2.24, 2.45) is 11.8 Å². The van der Waals surface area contributed by atoms with Gasteiger partial charge in [-0.2, -0.15) is 15.2 Å². The highest BCUT2D eigenvalue weighted by Gasteiger charge is 2.59. The van der Waals surface area contributed by atoms with Crippen LogP contribution in [0.1, 0.15) is 51.2 Å². The number of nitrogens with zero attached hydrogens (tertiary/aromatic N) is 6. The lowest BCUT2D eigenvalue weighted by Gasteiger charge is -2.27. The van der Waals surface area contributed by atoms with Gasteiger partial charge in [-0.05, 0) is 39.8 Å². The van der Waals surface area contributed by atoms with E-state index in [1.807, 2.05) is 6.07 Å². The number of benzene rings is 1. The third-order valence-corrected chi connectivity index (χ3v) is 7.20. The summed E-state index contributed by atoms with van der Waals surface area (Å²) in [6, 6.07) is 3.35. The number of carbonyl (C=O) groups is 1. The van der Waals surface area contributed by atoms with Crippen LogP contribution in [0.5, 0.6) is 0 Å². The summed E-state index contributed by atoms with van der Waals surface area (Å²) < 4.78 is 21.8. The Hall–Kier alpha value is -4.18. The number of aromatic nitrogens is 4. The first-order chi connectivity index (χ1) is 18.3. The SMILES string of the molecule is C[C@H](Nc1nc(N)nc(N)c1C#N)c1nc2c(F)ccc(Cl)c2c(=O)n1C1[C@H]2CN(C(=O)OC(C)(C)C)C[C@@H]12. The number of hydrogen-bond acceptors (Lipinski definition) is 10. The quantitative estimate of drug-likeness (QED) is 0.432. The average molecular weight is 556 g/mol. The van der Waals surface area contributed by atoms with E-state index in [0.29, 0.717) is 13.1 Å². The zero-order valence-electron chi connectivity index (χ0n) is 21.7. The molecule has 12 nitrogen and oxygen atoms in total. The van der Waals surface area contributed by atoms with Crippen molar-refractivity contribution in [2.45, 2.75) is 45.4 Å². The number of anilines is 3. The van der Waals surface area contributed by atoms with E-state index in [0.717, 1.165) is 6.07 Å². The predicted molar refractivity (Wildman–Crippen MR) is 142 cm³/mol. The predicted octanol–water partition coefficient (Wildman–Crippen LogP) is 3.23. The van der Waals surface area contributed by atoms with Crippen molar-refractivity contribution in [2.75, 3.05) is 29.9 Å². The van der Waals surface area contributed by atoms with Crippen LogP contribution in [-0.4, -0.2) is 49.2 Å². The van der Waals surface area contributed by atoms with Gasteiger partial charge in [0.1, 0.15) is 40.2 Å². The fraction of sp³-hybridized carbons (Fsp3) is 0.440. The molecule has 3 heterocycles. The van der Waals surface area contributed by atoms with Crippen LogP contribution in [0.2, 0.25) is 5.02 Å². The summed E-state index contributed by atoms with van der Waals surface area (Å²) in [5.74, 6) is -0.777. The molecule has 1 amide bonds. The molecule has 204 valence electrons. The van der Waals surface area contributed by atoms with E-state index >= 15 is 0 Å². The Balaban J connectivity index is 1.55. The zero-order valence-corrected chi connectivity index (χ0v) is 22.5. The van der Waals surface area contributed by atoms with Gasteiger partial charge in [0.05, 0.1) is 16.5 Å². The van der Waals surface area contributed by atoms with E-state index in [2.05, 4.69) is 20.3 Å². The number of hydrogen-bond donors (Lipinski definition) is 3. The van der Waals surface area contributed by atoms with Crippen LogP contribution in [0.15, 0.2) is 16.9 Å². The van der Waals surface area contributed by atoms with Gasteiger partial charge in [0.25, 0.3) is 5.56 Å². The summed E-state index contributed by atoms with van der Waals surface area (Å²) in [6.45, 7) is 7.86. The summed E-state index contributed by atoms with van der Waals surface area (Å²) in [7, 11) is 0. The number of amides is 1. The number of nitrogens with two attached hydrogens (primary N) is 2. The molecular formula is C25H27ClFN9O3. The monoisotopic (exact) mass is 555 g/mol. The minimum absolute atomic E-state index is 0.0312. The highest BCUT2D eigenvalue weighted by Crippen LogP contribution is 2.55. The fourth-order valence-electron chi connectivity index (χ4n) is 5.17. The van der Waals surface area contributed by atoms with E-state index in [1.54, 1.807) is 32.6 Å². The second kappa shape index (κ2) is 9.23. The molecule has 14 heteroatoms. The third kappa shape index (κ3) is 4.65. The number of nitriles is 1. The smallest absolute Gasteiger partial charge is 0.410 e. The van der Waals surface area contributed by atoms with Gasteiger partial charge in [-0.3, -0.25) is 9.36 Å². The number of ether oxygens (including phenoxy) is 1. The largest absolute Gasteiger partial charge is 0.444 e. The first-order valence-corrected chi connectivity index (χ1v) is 12.7. The van der Waals surface area contributed by atoms with Crippen molar-refractivity contribution in [3.05, 3.63) is 44.7 Å². The number of fused-ring (bicyclic) bond motifs is 2. The van der Waals surface area contributed by atoms with Gasteiger partial charge in [-0.15, -0.1) is 0 Å². The van der Waals surface area contributed by atoms with Crippen LogP contribution in [0, 0.1) is 29.0 Å². The molecule has 5 rings (SSSR count). The lowest BCUT2D eigenvalue weighted by Crippen LogP contribution is -2.38. The summed E-state index contributed by atoms with van der Waals surface area (Å²) in [4.78, 5) is 40.5. The number of nitrogen functional groups attached to an aromatic ring is 2. The number of carbonyl (C=O) groups excluding carboxylic acids is 1. The maximum atomic E-state index is 14.9. The highest BCUT2D eigenvalue weighted by molar-refractivity contribution is 6.35. The number of halogens is 2. The van der Waals surface area contributed by atoms with Gasteiger partial charge >= 0.3 is 6.09 Å². The second-order valence-electron chi connectivity index (χ2n) is 10.8. The molecule has 2 aromatic heterocycles. The van der Waals surface area contributed by atoms with Crippen LogP contribution < -0.4 is 22.3 Å². The summed E-state index contributed by atoms with van der Waals surface area (Å²) >= 11 is 6.33. The first-order valence-electron chi connectivity index (χ1n) is 12.3. The van der Waals surface area contributed by atoms with Gasteiger partial charge in [-0.25, -0.2) is 14.2 Å². The average Bonchev–Trinajstić information content (AvgIpc) is 3.29. The molecular weight excluding hydrogens is 529 g/mol. The third-order valence-electron chi connectivity index (χ3n) is 6.89. The molecule has 5 N–H and O–H groups in total. The van der Waals surface area contributed by atoms with E-state index in [1.165, 1.54) is 10.6 Å². The molecule has 39 heavy (non-hydrogen) atoms. The van der Waals surface area contributed by atoms with Gasteiger partial charge < -0.3 is 26.4 Å². The Kier molecular flexibility index (Phi) is 6.26. The Morgan fingerprint density at radius 2 is 1.92 bits per heavy atom. The Bertz CT molecular complexity index is 1600. The summed E-state index contributed by atoms with van der Waals surface area (Å²) in [5, 5.41) is 12.6. The van der Waals surface area contributed by atoms with Crippen molar-refractivity contribution in [1.82, 2.24) is 24.4 Å². The summed E-state index contributed by atoms with van der Waals surface area (Å²) in [5.41, 5.74) is 10.2. The second-order valence-corrected chi connectivity index (χ2v) is 11.2. The zero-order chi connectivity index (χ0) is 28.4. The van der Waals surface area contributed by atoms with Crippen LogP contribution in [0.4, 0.5) is 26.8 Å². The topological polar surface area (TPSA) is 178 Å². The van der Waals surface area contributed by atoms with Crippen LogP contribution in [0.25, 0.3) is 10.9 Å². The van der Waals surface area contributed by atoms with Crippen LogP contribution >= 0.6 is 11.6 Å². The standard InChI is InChI=1S/C25H27ClFN9O3/c1-10(31-20-11(7-28)19(29)33-23(30)34-20)21-32-17-15(27)6-5-14(26)16(17)22(37)36(21)18-12-8-35(9-13(12)18)24(38)39-25(2,3)4/h5-6,10,12-13,18H,8-9H2,1-4H3,(H5,29,30,31,33,34)/t10-,12-,13+,18?/m0/s1. The number of likely N-dealkylation sites (tertiary alicyclic amines) is 1. The highest BCUT2D eigenvalue weighted by atomic mass is 35.5. The van der Waals surface area contributed by atoms with Crippen molar-refractivity contribution < 1.29 is 13.9 Å². The van der Waals surface area contributed by atoms with Crippen molar-refractivity contribution in [3.8, 4) is 6.07 Å². The number of nitrogens with one attached hydrogen (secondary N) is 1. The van der Waals surface area contributed by atoms with Crippen LogP contribution in [-0.2, 0) is 4.74 Å². The van der Waals surface area contributed by atoms with E-state index in [-0.39, 0.29) is 62.8 Å². The molecule has 1 unspecified atom stereocenters. The maximum absolute atomic E-state index is 14.9. The van der Waals surface area contributed by atoms with E-state index in [4.69, 9.17) is 27.8 Å². The van der Waals surface area contributed by atoms with Gasteiger partial charge in [0.2, 0.25) is 5.95 Å². The lowest BCUT2D eigenvalue weighted by atomic mass is 10.2. The first kappa shape index (κ1) is 26.4. The fourth-order valence-corrected chi connectivity index (χ4v) is 5.41. The summed E-state index contributed by atoms with van der Waals surface area (Å²) in [6.07, 6.45) is -0.416. The Morgan fingerprint density at radius 1 is 1.26 bits per heavy atom. The molecule has 3 aromatic rings. The molecule has 0 spiro atoms.